The predicted octanol–water partition coefficient (Wildman–Crippen LogP) is 4.94. The molecule has 0 saturated carbocycles. The van der Waals surface area contributed by atoms with Crippen LogP contribution in [-0.2, 0) is 5.75 Å². The van der Waals surface area contributed by atoms with Gasteiger partial charge < -0.3 is 5.73 Å². The molecule has 0 aliphatic carbocycles. The molecule has 0 bridgehead atoms. The Kier molecular flexibility index (Phi) is 4.36. The second-order valence-corrected chi connectivity index (χ2v) is 6.24. The van der Waals surface area contributed by atoms with Gasteiger partial charge in [0.05, 0.1) is 0 Å². The maximum absolute atomic E-state index is 6.00. The Morgan fingerprint density at radius 1 is 1.17 bits per heavy atom. The van der Waals surface area contributed by atoms with E-state index in [0.29, 0.717) is 0 Å². The first-order valence-corrected chi connectivity index (χ1v) is 7.58. The van der Waals surface area contributed by atoms with Gasteiger partial charge in [0.15, 0.2) is 0 Å². The molecule has 2 rings (SSSR count). The van der Waals surface area contributed by atoms with Crippen molar-refractivity contribution in [3.63, 3.8) is 0 Å². The van der Waals surface area contributed by atoms with Gasteiger partial charge in [0, 0.05) is 20.8 Å². The number of hydrogen-bond donors (Lipinski definition) is 1. The average Bonchev–Trinajstić information content (AvgIpc) is 2.31. The van der Waals surface area contributed by atoms with E-state index in [9.17, 15) is 0 Å². The Morgan fingerprint density at radius 3 is 2.61 bits per heavy atom. The van der Waals surface area contributed by atoms with Gasteiger partial charge in [-0.1, -0.05) is 39.7 Å². The molecule has 94 valence electrons. The van der Waals surface area contributed by atoms with E-state index in [4.69, 9.17) is 5.73 Å². The third-order valence-corrected chi connectivity index (χ3v) is 4.80. The summed E-state index contributed by atoms with van der Waals surface area (Å²) >= 11 is 5.38. The molecular formula is C15H16BrNS. The smallest absolute Gasteiger partial charge is 0.0366 e. The van der Waals surface area contributed by atoms with Crippen molar-refractivity contribution < 1.29 is 0 Å². The van der Waals surface area contributed by atoms with E-state index in [0.717, 1.165) is 15.9 Å². The number of thioether (sulfide) groups is 1. The lowest BCUT2D eigenvalue weighted by Crippen LogP contribution is -1.94. The molecule has 0 heterocycles. The van der Waals surface area contributed by atoms with Gasteiger partial charge in [0.25, 0.3) is 0 Å². The van der Waals surface area contributed by atoms with Gasteiger partial charge in [0.1, 0.15) is 0 Å². The third-order valence-electron chi connectivity index (χ3n) is 2.86. The second-order valence-electron chi connectivity index (χ2n) is 4.37. The zero-order valence-electron chi connectivity index (χ0n) is 10.5. The number of aryl methyl sites for hydroxylation is 2. The van der Waals surface area contributed by atoms with Crippen molar-refractivity contribution in [2.45, 2.75) is 24.5 Å². The van der Waals surface area contributed by atoms with Crippen molar-refractivity contribution in [2.24, 2.45) is 0 Å². The molecule has 0 aliphatic heterocycles. The summed E-state index contributed by atoms with van der Waals surface area (Å²) in [5.74, 6) is 0.886. The van der Waals surface area contributed by atoms with Crippen molar-refractivity contribution in [3.8, 4) is 0 Å². The minimum absolute atomic E-state index is 0.849. The quantitative estimate of drug-likeness (QED) is 0.640. The van der Waals surface area contributed by atoms with Gasteiger partial charge in [-0.2, -0.15) is 0 Å². The molecule has 0 aliphatic rings. The molecule has 0 unspecified atom stereocenters. The normalized spacial score (nSPS) is 10.6. The number of anilines is 1. The summed E-state index contributed by atoms with van der Waals surface area (Å²) in [4.78, 5) is 1.32. The van der Waals surface area contributed by atoms with Crippen molar-refractivity contribution >= 4 is 33.4 Å². The van der Waals surface area contributed by atoms with E-state index in [1.165, 1.54) is 21.6 Å². The average molecular weight is 322 g/mol. The molecule has 0 radical (unpaired) electrons. The third kappa shape index (κ3) is 3.09. The molecule has 0 fully saturated rings. The highest BCUT2D eigenvalue weighted by atomic mass is 79.9. The highest BCUT2D eigenvalue weighted by Crippen LogP contribution is 2.32. The summed E-state index contributed by atoms with van der Waals surface area (Å²) in [5, 5.41) is 0. The standard InChI is InChI=1S/C15H16BrNS/c1-10-6-7-15(11(2)8-10)18-9-12-13(16)4-3-5-14(12)17/h3-8H,9,17H2,1-2H3. The van der Waals surface area contributed by atoms with Crippen LogP contribution < -0.4 is 5.73 Å². The van der Waals surface area contributed by atoms with Crippen LogP contribution in [0.5, 0.6) is 0 Å². The van der Waals surface area contributed by atoms with Crippen LogP contribution in [0.4, 0.5) is 5.69 Å². The van der Waals surface area contributed by atoms with Gasteiger partial charge in [-0.3, -0.25) is 0 Å². The van der Waals surface area contributed by atoms with Crippen LogP contribution in [0.15, 0.2) is 45.8 Å². The number of benzene rings is 2. The number of rotatable bonds is 3. The van der Waals surface area contributed by atoms with Crippen molar-refractivity contribution in [1.82, 2.24) is 0 Å². The second kappa shape index (κ2) is 5.81. The van der Waals surface area contributed by atoms with Gasteiger partial charge in [-0.15, -0.1) is 11.8 Å². The zero-order chi connectivity index (χ0) is 13.1. The molecule has 1 nitrogen and oxygen atoms in total. The van der Waals surface area contributed by atoms with Crippen molar-refractivity contribution in [2.75, 3.05) is 5.73 Å². The van der Waals surface area contributed by atoms with E-state index in [2.05, 4.69) is 48.0 Å². The fourth-order valence-corrected chi connectivity index (χ4v) is 3.62. The first-order chi connectivity index (χ1) is 8.58. The molecule has 2 aromatic rings. The first kappa shape index (κ1) is 13.5. The molecule has 18 heavy (non-hydrogen) atoms. The Hall–Kier alpha value is -0.930. The summed E-state index contributed by atoms with van der Waals surface area (Å²) in [7, 11) is 0. The van der Waals surface area contributed by atoms with Crippen molar-refractivity contribution in [3.05, 3.63) is 57.6 Å². The molecule has 0 amide bonds. The number of hydrogen-bond acceptors (Lipinski definition) is 2. The topological polar surface area (TPSA) is 26.0 Å². The molecule has 0 spiro atoms. The minimum Gasteiger partial charge on any atom is -0.398 e. The first-order valence-electron chi connectivity index (χ1n) is 5.81. The fourth-order valence-electron chi connectivity index (χ4n) is 1.84. The number of nitrogen functional groups attached to an aromatic ring is 1. The molecule has 0 atom stereocenters. The molecular weight excluding hydrogens is 306 g/mol. The summed E-state index contributed by atoms with van der Waals surface area (Å²) in [6.07, 6.45) is 0. The van der Waals surface area contributed by atoms with Gasteiger partial charge in [-0.25, -0.2) is 0 Å². The lowest BCUT2D eigenvalue weighted by atomic mass is 10.2. The Bertz CT molecular complexity index is 546. The van der Waals surface area contributed by atoms with Gasteiger partial charge in [0.2, 0.25) is 0 Å². The maximum atomic E-state index is 6.00. The Morgan fingerprint density at radius 2 is 1.94 bits per heavy atom. The molecule has 2 aromatic carbocycles. The maximum Gasteiger partial charge on any atom is 0.0366 e. The monoisotopic (exact) mass is 321 g/mol. The molecule has 2 N–H and O–H groups in total. The van der Waals surface area contributed by atoms with E-state index >= 15 is 0 Å². The van der Waals surface area contributed by atoms with E-state index < -0.39 is 0 Å². The molecule has 0 saturated heterocycles. The Balaban J connectivity index is 2.16. The van der Waals surface area contributed by atoms with Crippen LogP contribution in [-0.4, -0.2) is 0 Å². The van der Waals surface area contributed by atoms with Gasteiger partial charge in [-0.05, 0) is 43.2 Å². The van der Waals surface area contributed by atoms with Crippen LogP contribution in [0, 0.1) is 13.8 Å². The molecule has 0 aromatic heterocycles. The van der Waals surface area contributed by atoms with Crippen LogP contribution in [0.25, 0.3) is 0 Å². The lowest BCUT2D eigenvalue weighted by molar-refractivity contribution is 1.25. The summed E-state index contributed by atoms with van der Waals surface area (Å²) in [6, 6.07) is 12.5. The zero-order valence-corrected chi connectivity index (χ0v) is 12.9. The fraction of sp³-hybridized carbons (Fsp3) is 0.200. The van der Waals surface area contributed by atoms with E-state index in [1.54, 1.807) is 0 Å². The van der Waals surface area contributed by atoms with Crippen LogP contribution in [0.1, 0.15) is 16.7 Å². The predicted molar refractivity (Wildman–Crippen MR) is 84.0 cm³/mol. The van der Waals surface area contributed by atoms with Crippen LogP contribution in [0.3, 0.4) is 0 Å². The molecule has 3 heteroatoms. The van der Waals surface area contributed by atoms with E-state index in [-0.39, 0.29) is 0 Å². The SMILES string of the molecule is Cc1ccc(SCc2c(N)cccc2Br)c(C)c1. The van der Waals surface area contributed by atoms with Crippen molar-refractivity contribution in [1.29, 1.82) is 0 Å². The highest BCUT2D eigenvalue weighted by Gasteiger charge is 2.06. The number of halogens is 1. The number of nitrogens with two attached hydrogens (primary N) is 1. The summed E-state index contributed by atoms with van der Waals surface area (Å²) in [5.41, 5.74) is 10.6. The van der Waals surface area contributed by atoms with Crippen LogP contribution in [0.2, 0.25) is 0 Å². The largest absolute Gasteiger partial charge is 0.398 e. The summed E-state index contributed by atoms with van der Waals surface area (Å²) in [6.45, 7) is 4.27. The Labute approximate surface area is 121 Å². The summed E-state index contributed by atoms with van der Waals surface area (Å²) < 4.78 is 1.08. The highest BCUT2D eigenvalue weighted by molar-refractivity contribution is 9.10. The lowest BCUT2D eigenvalue weighted by Gasteiger charge is -2.10. The van der Waals surface area contributed by atoms with E-state index in [1.807, 2.05) is 30.0 Å². The minimum atomic E-state index is 0.849. The van der Waals surface area contributed by atoms with Crippen LogP contribution >= 0.6 is 27.7 Å². The van der Waals surface area contributed by atoms with Gasteiger partial charge >= 0.3 is 0 Å².